The third-order valence-electron chi connectivity index (χ3n) is 2.96. The second-order valence-corrected chi connectivity index (χ2v) is 5.45. The van der Waals surface area contributed by atoms with E-state index in [4.69, 9.17) is 0 Å². The first-order valence-electron chi connectivity index (χ1n) is 6.08. The first-order valence-corrected chi connectivity index (χ1v) is 6.96. The maximum absolute atomic E-state index is 11.9. The zero-order valence-corrected chi connectivity index (χ0v) is 11.9. The number of thiophene rings is 1. The number of hydrogen-bond acceptors (Lipinski definition) is 4. The van der Waals surface area contributed by atoms with Crippen molar-refractivity contribution in [3.05, 3.63) is 55.0 Å². The van der Waals surface area contributed by atoms with Gasteiger partial charge in [-0.3, -0.25) is 9.36 Å². The SMILES string of the molecule is Cn1cc(CNCCc2cccs2)c(=O)n(C)c1=O. The zero-order valence-electron chi connectivity index (χ0n) is 11.0. The molecule has 2 aromatic heterocycles. The number of nitrogens with zero attached hydrogens (tertiary/aromatic N) is 2. The first-order chi connectivity index (χ1) is 9.09. The highest BCUT2D eigenvalue weighted by molar-refractivity contribution is 7.09. The minimum Gasteiger partial charge on any atom is -0.312 e. The highest BCUT2D eigenvalue weighted by Crippen LogP contribution is 2.08. The highest BCUT2D eigenvalue weighted by Gasteiger charge is 2.06. The molecule has 2 rings (SSSR count). The van der Waals surface area contributed by atoms with Crippen LogP contribution in [0.4, 0.5) is 0 Å². The molecular formula is C13H17N3O2S. The molecule has 6 heteroatoms. The van der Waals surface area contributed by atoms with Crippen molar-refractivity contribution in [3.63, 3.8) is 0 Å². The van der Waals surface area contributed by atoms with Crippen LogP contribution in [-0.2, 0) is 27.1 Å². The predicted molar refractivity (Wildman–Crippen MR) is 76.7 cm³/mol. The lowest BCUT2D eigenvalue weighted by molar-refractivity contribution is 0.631. The summed E-state index contributed by atoms with van der Waals surface area (Å²) in [4.78, 5) is 24.7. The monoisotopic (exact) mass is 279 g/mol. The highest BCUT2D eigenvalue weighted by atomic mass is 32.1. The van der Waals surface area contributed by atoms with Crippen LogP contribution >= 0.6 is 11.3 Å². The van der Waals surface area contributed by atoms with Crippen LogP contribution in [0.5, 0.6) is 0 Å². The lowest BCUT2D eigenvalue weighted by atomic mass is 10.3. The zero-order chi connectivity index (χ0) is 13.8. The first kappa shape index (κ1) is 13.8. The normalized spacial score (nSPS) is 10.8. The van der Waals surface area contributed by atoms with Crippen LogP contribution in [0.25, 0.3) is 0 Å². The Hall–Kier alpha value is -1.66. The summed E-state index contributed by atoms with van der Waals surface area (Å²) in [6, 6.07) is 4.13. The van der Waals surface area contributed by atoms with Gasteiger partial charge >= 0.3 is 5.69 Å². The summed E-state index contributed by atoms with van der Waals surface area (Å²) in [5, 5.41) is 5.29. The largest absolute Gasteiger partial charge is 0.330 e. The van der Waals surface area contributed by atoms with Gasteiger partial charge < -0.3 is 9.88 Å². The average Bonchev–Trinajstić information content (AvgIpc) is 2.91. The Morgan fingerprint density at radius 2 is 2.11 bits per heavy atom. The summed E-state index contributed by atoms with van der Waals surface area (Å²) >= 11 is 1.73. The van der Waals surface area contributed by atoms with Gasteiger partial charge in [-0.2, -0.15) is 0 Å². The topological polar surface area (TPSA) is 56.0 Å². The van der Waals surface area contributed by atoms with Crippen LogP contribution in [0.2, 0.25) is 0 Å². The van der Waals surface area contributed by atoms with Gasteiger partial charge in [0.15, 0.2) is 0 Å². The summed E-state index contributed by atoms with van der Waals surface area (Å²) in [6.07, 6.45) is 2.55. The van der Waals surface area contributed by atoms with E-state index >= 15 is 0 Å². The van der Waals surface area contributed by atoms with Crippen LogP contribution in [0.3, 0.4) is 0 Å². The van der Waals surface area contributed by atoms with E-state index in [0.29, 0.717) is 12.1 Å². The molecular weight excluding hydrogens is 262 g/mol. The quantitative estimate of drug-likeness (QED) is 0.810. The molecule has 5 nitrogen and oxygen atoms in total. The Labute approximate surface area is 115 Å². The van der Waals surface area contributed by atoms with Crippen LogP contribution < -0.4 is 16.6 Å². The molecule has 19 heavy (non-hydrogen) atoms. The molecule has 0 radical (unpaired) electrons. The maximum Gasteiger partial charge on any atom is 0.330 e. The van der Waals surface area contributed by atoms with E-state index < -0.39 is 0 Å². The molecule has 0 aliphatic heterocycles. The van der Waals surface area contributed by atoms with Gasteiger partial charge in [0.2, 0.25) is 0 Å². The van der Waals surface area contributed by atoms with Gasteiger partial charge in [-0.25, -0.2) is 4.79 Å². The minimum absolute atomic E-state index is 0.230. The van der Waals surface area contributed by atoms with Crippen molar-refractivity contribution in [2.45, 2.75) is 13.0 Å². The minimum atomic E-state index is -0.299. The fraction of sp³-hybridized carbons (Fsp3) is 0.385. The van der Waals surface area contributed by atoms with E-state index in [1.165, 1.54) is 16.5 Å². The van der Waals surface area contributed by atoms with Crippen molar-refractivity contribution in [1.29, 1.82) is 0 Å². The van der Waals surface area contributed by atoms with Crippen molar-refractivity contribution in [2.24, 2.45) is 14.1 Å². The molecule has 102 valence electrons. The van der Waals surface area contributed by atoms with Crippen molar-refractivity contribution < 1.29 is 0 Å². The molecule has 0 atom stereocenters. The Balaban J connectivity index is 1.97. The molecule has 0 saturated carbocycles. The fourth-order valence-corrected chi connectivity index (χ4v) is 2.60. The van der Waals surface area contributed by atoms with Gasteiger partial charge in [0.05, 0.1) is 0 Å². The molecule has 0 amide bonds. The summed E-state index contributed by atoms with van der Waals surface area (Å²) in [7, 11) is 3.15. The number of aromatic nitrogens is 2. The van der Waals surface area contributed by atoms with Gasteiger partial charge in [0, 0.05) is 43.8 Å². The van der Waals surface area contributed by atoms with Crippen LogP contribution in [0.1, 0.15) is 10.4 Å². The van der Waals surface area contributed by atoms with Crippen molar-refractivity contribution in [3.8, 4) is 0 Å². The summed E-state index contributed by atoms with van der Waals surface area (Å²) in [6.45, 7) is 1.29. The molecule has 0 aliphatic carbocycles. The van der Waals surface area contributed by atoms with E-state index in [1.54, 1.807) is 24.6 Å². The van der Waals surface area contributed by atoms with Gasteiger partial charge in [0.25, 0.3) is 5.56 Å². The molecule has 0 aliphatic rings. The van der Waals surface area contributed by atoms with Crippen molar-refractivity contribution in [1.82, 2.24) is 14.5 Å². The third-order valence-corrected chi connectivity index (χ3v) is 3.90. The van der Waals surface area contributed by atoms with E-state index in [0.717, 1.165) is 17.5 Å². The average molecular weight is 279 g/mol. The van der Waals surface area contributed by atoms with E-state index in [9.17, 15) is 9.59 Å². The smallest absolute Gasteiger partial charge is 0.312 e. The summed E-state index contributed by atoms with van der Waals surface area (Å²) < 4.78 is 2.56. The van der Waals surface area contributed by atoms with E-state index in [2.05, 4.69) is 16.8 Å². The molecule has 0 saturated heterocycles. The molecule has 0 unspecified atom stereocenters. The van der Waals surface area contributed by atoms with Crippen molar-refractivity contribution in [2.75, 3.05) is 6.54 Å². The van der Waals surface area contributed by atoms with E-state index in [1.807, 2.05) is 6.07 Å². The van der Waals surface area contributed by atoms with Crippen LogP contribution in [0, 0.1) is 0 Å². The second kappa shape index (κ2) is 5.99. The molecule has 1 N–H and O–H groups in total. The predicted octanol–water partition coefficient (Wildman–Crippen LogP) is 0.478. The van der Waals surface area contributed by atoms with Crippen LogP contribution in [-0.4, -0.2) is 15.7 Å². The lowest BCUT2D eigenvalue weighted by Gasteiger charge is -2.07. The number of nitrogens with one attached hydrogen (secondary N) is 1. The Bertz CT molecular complexity index is 656. The Kier molecular flexibility index (Phi) is 4.34. The van der Waals surface area contributed by atoms with Gasteiger partial charge in [-0.15, -0.1) is 11.3 Å². The Morgan fingerprint density at radius 1 is 1.32 bits per heavy atom. The summed E-state index contributed by atoms with van der Waals surface area (Å²) in [5.41, 5.74) is 0.0786. The maximum atomic E-state index is 11.9. The van der Waals surface area contributed by atoms with Gasteiger partial charge in [-0.05, 0) is 17.9 Å². The standard InChI is InChI=1S/C13H17N3O2S/c1-15-9-10(12(17)16(2)13(15)18)8-14-6-5-11-4-3-7-19-11/h3-4,7,9,14H,5-6,8H2,1-2H3. The number of rotatable bonds is 5. The lowest BCUT2D eigenvalue weighted by Crippen LogP contribution is -2.39. The molecule has 0 spiro atoms. The second-order valence-electron chi connectivity index (χ2n) is 4.42. The molecule has 2 heterocycles. The summed E-state index contributed by atoms with van der Waals surface area (Å²) in [5.74, 6) is 0. The molecule has 2 aromatic rings. The number of hydrogen-bond donors (Lipinski definition) is 1. The molecule has 0 bridgehead atoms. The fourth-order valence-electron chi connectivity index (χ4n) is 1.89. The molecule has 0 fully saturated rings. The number of aryl methyl sites for hydroxylation is 1. The van der Waals surface area contributed by atoms with Gasteiger partial charge in [-0.1, -0.05) is 6.07 Å². The van der Waals surface area contributed by atoms with Gasteiger partial charge in [0.1, 0.15) is 0 Å². The van der Waals surface area contributed by atoms with Crippen molar-refractivity contribution >= 4 is 11.3 Å². The third kappa shape index (κ3) is 3.21. The van der Waals surface area contributed by atoms with Crippen LogP contribution in [0.15, 0.2) is 33.3 Å². The Morgan fingerprint density at radius 3 is 2.79 bits per heavy atom. The van der Waals surface area contributed by atoms with E-state index in [-0.39, 0.29) is 11.2 Å². The molecule has 0 aromatic carbocycles.